The molecule has 1 heterocycles. The van der Waals surface area contributed by atoms with Crippen LogP contribution >= 0.6 is 39.0 Å². The van der Waals surface area contributed by atoms with Gasteiger partial charge in [-0.3, -0.25) is 4.79 Å². The van der Waals surface area contributed by atoms with E-state index in [0.29, 0.717) is 12.0 Å². The van der Waals surface area contributed by atoms with Crippen molar-refractivity contribution in [2.24, 2.45) is 0 Å². The van der Waals surface area contributed by atoms with Crippen LogP contribution in [0.5, 0.6) is 0 Å². The zero-order chi connectivity index (χ0) is 17.5. The van der Waals surface area contributed by atoms with Gasteiger partial charge >= 0.3 is 5.97 Å². The van der Waals surface area contributed by atoms with Gasteiger partial charge in [0.25, 0.3) is 5.91 Å². The number of benzene rings is 1. The van der Waals surface area contributed by atoms with E-state index in [1.165, 1.54) is 7.11 Å². The predicted molar refractivity (Wildman–Crippen MR) is 104 cm³/mol. The lowest BCUT2D eigenvalue weighted by molar-refractivity contribution is -0.142. The summed E-state index contributed by atoms with van der Waals surface area (Å²) in [7, 11) is 1.33. The van der Waals surface area contributed by atoms with Crippen molar-refractivity contribution in [1.29, 1.82) is 0 Å². The van der Waals surface area contributed by atoms with E-state index in [1.807, 2.05) is 35.9 Å². The number of carbonyl (C=O) groups is 2. The molecular formula is C17H18BrNO3S2. The van der Waals surface area contributed by atoms with Crippen LogP contribution in [0, 0.1) is 0 Å². The third-order valence-electron chi connectivity index (χ3n) is 3.41. The number of hydrogen-bond acceptors (Lipinski definition) is 5. The summed E-state index contributed by atoms with van der Waals surface area (Å²) in [5, 5.41) is 4.77. The quantitative estimate of drug-likeness (QED) is 0.672. The third-order valence-corrected chi connectivity index (χ3v) is 5.45. The highest BCUT2D eigenvalue weighted by Crippen LogP contribution is 2.30. The molecule has 0 saturated carbocycles. The number of carbonyl (C=O) groups excluding carboxylic acids is 2. The molecule has 24 heavy (non-hydrogen) atoms. The van der Waals surface area contributed by atoms with E-state index in [9.17, 15) is 9.59 Å². The van der Waals surface area contributed by atoms with Crippen molar-refractivity contribution in [3.63, 3.8) is 0 Å². The standard InChI is InChI=1S/C17H18BrNO3S2/c1-22-17(21)14(7-9-23-2)19-16(20)12-6-5-11(18)10-13(12)15-4-3-8-24-15/h3-6,8,10,14H,7,9H2,1-2H3,(H,19,20). The molecule has 0 spiro atoms. The third kappa shape index (κ3) is 4.84. The van der Waals surface area contributed by atoms with Crippen LogP contribution in [-0.2, 0) is 9.53 Å². The molecule has 0 aliphatic carbocycles. The van der Waals surface area contributed by atoms with Gasteiger partial charge in [0, 0.05) is 20.5 Å². The molecule has 1 aromatic heterocycles. The number of esters is 1. The van der Waals surface area contributed by atoms with Crippen LogP contribution in [0.1, 0.15) is 16.8 Å². The van der Waals surface area contributed by atoms with Crippen molar-refractivity contribution in [3.8, 4) is 10.4 Å². The van der Waals surface area contributed by atoms with Crippen LogP contribution in [0.2, 0.25) is 0 Å². The number of rotatable bonds is 7. The van der Waals surface area contributed by atoms with Crippen molar-refractivity contribution in [2.75, 3.05) is 19.1 Å². The Hall–Kier alpha value is -1.31. The number of ether oxygens (including phenoxy) is 1. The maximum atomic E-state index is 12.7. The summed E-state index contributed by atoms with van der Waals surface area (Å²) in [5.41, 5.74) is 1.38. The maximum Gasteiger partial charge on any atom is 0.328 e. The molecular weight excluding hydrogens is 410 g/mol. The molecule has 7 heteroatoms. The lowest BCUT2D eigenvalue weighted by Crippen LogP contribution is -2.42. The second kappa shape index (κ2) is 9.25. The molecule has 0 aliphatic rings. The molecule has 1 unspecified atom stereocenters. The van der Waals surface area contributed by atoms with Gasteiger partial charge in [-0.05, 0) is 48.1 Å². The number of nitrogens with one attached hydrogen (secondary N) is 1. The van der Waals surface area contributed by atoms with Crippen LogP contribution in [-0.4, -0.2) is 37.0 Å². The molecule has 2 aromatic rings. The van der Waals surface area contributed by atoms with Gasteiger partial charge in [0.2, 0.25) is 0 Å². The lowest BCUT2D eigenvalue weighted by Gasteiger charge is -2.17. The number of halogens is 1. The van der Waals surface area contributed by atoms with E-state index in [-0.39, 0.29) is 5.91 Å². The van der Waals surface area contributed by atoms with Gasteiger partial charge in [-0.2, -0.15) is 11.8 Å². The van der Waals surface area contributed by atoms with Gasteiger partial charge < -0.3 is 10.1 Å². The van der Waals surface area contributed by atoms with Gasteiger partial charge in [-0.1, -0.05) is 22.0 Å². The van der Waals surface area contributed by atoms with Gasteiger partial charge in [0.05, 0.1) is 7.11 Å². The minimum absolute atomic E-state index is 0.276. The Labute approximate surface area is 158 Å². The molecule has 1 atom stereocenters. The topological polar surface area (TPSA) is 55.4 Å². The summed E-state index contributed by atoms with van der Waals surface area (Å²) in [6, 6.07) is 8.76. The second-order valence-electron chi connectivity index (χ2n) is 5.00. The number of methoxy groups -OCH3 is 1. The van der Waals surface area contributed by atoms with E-state index < -0.39 is 12.0 Å². The van der Waals surface area contributed by atoms with Crippen molar-refractivity contribution < 1.29 is 14.3 Å². The first kappa shape index (κ1) is 19.0. The van der Waals surface area contributed by atoms with E-state index in [0.717, 1.165) is 20.7 Å². The molecule has 0 bridgehead atoms. The van der Waals surface area contributed by atoms with Crippen LogP contribution in [0.15, 0.2) is 40.2 Å². The predicted octanol–water partition coefficient (Wildman–Crippen LogP) is 4.20. The Bertz CT molecular complexity index is 704. The lowest BCUT2D eigenvalue weighted by atomic mass is 10.0. The van der Waals surface area contributed by atoms with Crippen molar-refractivity contribution in [2.45, 2.75) is 12.5 Å². The Balaban J connectivity index is 2.27. The normalized spacial score (nSPS) is 11.8. The Morgan fingerprint density at radius 3 is 2.79 bits per heavy atom. The smallest absolute Gasteiger partial charge is 0.328 e. The monoisotopic (exact) mass is 427 g/mol. The first-order chi connectivity index (χ1) is 11.6. The molecule has 0 radical (unpaired) electrons. The summed E-state index contributed by atoms with van der Waals surface area (Å²) >= 11 is 6.63. The second-order valence-corrected chi connectivity index (χ2v) is 7.85. The Morgan fingerprint density at radius 1 is 1.38 bits per heavy atom. The highest BCUT2D eigenvalue weighted by molar-refractivity contribution is 9.10. The van der Waals surface area contributed by atoms with Crippen molar-refractivity contribution in [1.82, 2.24) is 5.32 Å². The molecule has 2 rings (SSSR count). The maximum absolute atomic E-state index is 12.7. The summed E-state index contributed by atoms with van der Waals surface area (Å²) < 4.78 is 5.70. The Kier molecular flexibility index (Phi) is 7.33. The van der Waals surface area contributed by atoms with Crippen LogP contribution < -0.4 is 5.32 Å². The molecule has 128 valence electrons. The van der Waals surface area contributed by atoms with Crippen molar-refractivity contribution in [3.05, 3.63) is 45.7 Å². The first-order valence-electron chi connectivity index (χ1n) is 7.28. The van der Waals surface area contributed by atoms with Gasteiger partial charge in [-0.25, -0.2) is 4.79 Å². The van der Waals surface area contributed by atoms with E-state index >= 15 is 0 Å². The average Bonchev–Trinajstić information content (AvgIpc) is 3.12. The zero-order valence-corrected chi connectivity index (χ0v) is 16.6. The van der Waals surface area contributed by atoms with E-state index in [2.05, 4.69) is 21.2 Å². The average molecular weight is 428 g/mol. The number of thioether (sulfide) groups is 1. The number of hydrogen-bond donors (Lipinski definition) is 1. The summed E-state index contributed by atoms with van der Waals surface area (Å²) in [6.07, 6.45) is 2.49. The highest BCUT2D eigenvalue weighted by Gasteiger charge is 2.23. The Morgan fingerprint density at radius 2 is 2.17 bits per heavy atom. The minimum Gasteiger partial charge on any atom is -0.467 e. The summed E-state index contributed by atoms with van der Waals surface area (Å²) in [5.74, 6) is 0.0626. The fraction of sp³-hybridized carbons (Fsp3) is 0.294. The first-order valence-corrected chi connectivity index (χ1v) is 10.3. The van der Waals surface area contributed by atoms with Crippen LogP contribution in [0.4, 0.5) is 0 Å². The minimum atomic E-state index is -0.644. The fourth-order valence-electron chi connectivity index (χ4n) is 2.21. The van der Waals surface area contributed by atoms with Gasteiger partial charge in [0.1, 0.15) is 6.04 Å². The van der Waals surface area contributed by atoms with Crippen molar-refractivity contribution >= 4 is 50.9 Å². The molecule has 1 aromatic carbocycles. The van der Waals surface area contributed by atoms with Gasteiger partial charge in [0.15, 0.2) is 0 Å². The summed E-state index contributed by atoms with van der Waals surface area (Å²) in [4.78, 5) is 25.6. The number of amides is 1. The highest BCUT2D eigenvalue weighted by atomic mass is 79.9. The molecule has 0 aliphatic heterocycles. The molecule has 4 nitrogen and oxygen atoms in total. The molecule has 1 amide bonds. The summed E-state index contributed by atoms with van der Waals surface area (Å²) in [6.45, 7) is 0. The van der Waals surface area contributed by atoms with Crippen LogP contribution in [0.25, 0.3) is 10.4 Å². The molecule has 1 N–H and O–H groups in total. The van der Waals surface area contributed by atoms with Crippen LogP contribution in [0.3, 0.4) is 0 Å². The fourth-order valence-corrected chi connectivity index (χ4v) is 3.80. The molecule has 0 fully saturated rings. The zero-order valence-electron chi connectivity index (χ0n) is 13.4. The van der Waals surface area contributed by atoms with E-state index in [1.54, 1.807) is 29.2 Å². The van der Waals surface area contributed by atoms with E-state index in [4.69, 9.17) is 4.74 Å². The number of thiophene rings is 1. The largest absolute Gasteiger partial charge is 0.467 e. The van der Waals surface area contributed by atoms with Gasteiger partial charge in [-0.15, -0.1) is 11.3 Å². The molecule has 0 saturated heterocycles. The SMILES string of the molecule is COC(=O)C(CCSC)NC(=O)c1ccc(Br)cc1-c1cccs1.